The topological polar surface area (TPSA) is 13.1 Å². The molecule has 0 saturated carbocycles. The second-order valence-corrected chi connectivity index (χ2v) is 8.20. The van der Waals surface area contributed by atoms with E-state index in [4.69, 9.17) is 19.7 Å². The molecular weight excluding hydrogens is 586 g/mol. The molecular formula is C30H21N3W. The fourth-order valence-electron chi connectivity index (χ4n) is 4.03. The van der Waals surface area contributed by atoms with Crippen LogP contribution in [0.3, 0.4) is 0 Å². The number of benzene rings is 4. The normalized spacial score (nSPS) is 9.88. The fraction of sp³-hybridized carbons (Fsp3) is 0.100. The van der Waals surface area contributed by atoms with Gasteiger partial charge in [-0.25, -0.2) is 14.5 Å². The van der Waals surface area contributed by atoms with Crippen LogP contribution >= 0.6 is 0 Å². The third-order valence-electron chi connectivity index (χ3n) is 5.68. The Hall–Kier alpha value is -3.96. The van der Waals surface area contributed by atoms with E-state index < -0.39 is 0 Å². The maximum atomic E-state index is 7.67. The largest absolute Gasteiger partial charge is 0.238 e. The number of hydrogen-bond acceptors (Lipinski definition) is 0. The van der Waals surface area contributed by atoms with Crippen molar-refractivity contribution in [2.75, 3.05) is 0 Å². The van der Waals surface area contributed by atoms with E-state index in [0.717, 1.165) is 50.1 Å². The molecule has 0 amide bonds. The van der Waals surface area contributed by atoms with Gasteiger partial charge in [0.1, 0.15) is 0 Å². The molecule has 4 rings (SSSR count). The van der Waals surface area contributed by atoms with Crippen molar-refractivity contribution in [3.8, 4) is 33.4 Å². The van der Waals surface area contributed by atoms with Crippen molar-refractivity contribution < 1.29 is 21.1 Å². The molecule has 0 N–H and O–H groups in total. The SMILES string of the molecule is [C-]#[N+]c1ccc(C)cc1-c1cc(-c2cc(C)ccc2[N+]#[C-])cc(-c2cc(C)ccc2[N+]#[C-])c1.[W]. The van der Waals surface area contributed by atoms with Gasteiger partial charge >= 0.3 is 0 Å². The van der Waals surface area contributed by atoms with Crippen molar-refractivity contribution in [1.29, 1.82) is 0 Å². The predicted molar refractivity (Wildman–Crippen MR) is 136 cm³/mol. The minimum atomic E-state index is 0. The molecule has 0 radical (unpaired) electrons. The van der Waals surface area contributed by atoms with Crippen molar-refractivity contribution in [1.82, 2.24) is 0 Å². The zero-order chi connectivity index (χ0) is 23.5. The summed E-state index contributed by atoms with van der Waals surface area (Å²) in [5, 5.41) is 0. The summed E-state index contributed by atoms with van der Waals surface area (Å²) >= 11 is 0. The van der Waals surface area contributed by atoms with Gasteiger partial charge in [-0.1, -0.05) is 71.3 Å². The number of aryl methyl sites for hydroxylation is 3. The molecule has 0 heterocycles. The molecule has 162 valence electrons. The fourth-order valence-corrected chi connectivity index (χ4v) is 4.03. The molecule has 0 saturated heterocycles. The molecule has 0 unspecified atom stereocenters. The zero-order valence-electron chi connectivity index (χ0n) is 19.2. The van der Waals surface area contributed by atoms with Gasteiger partial charge < -0.3 is 0 Å². The first-order valence-electron chi connectivity index (χ1n) is 10.5. The summed E-state index contributed by atoms with van der Waals surface area (Å²) in [5.41, 5.74) is 10.2. The molecule has 34 heavy (non-hydrogen) atoms. The van der Waals surface area contributed by atoms with Crippen LogP contribution in [-0.4, -0.2) is 0 Å². The van der Waals surface area contributed by atoms with Crippen LogP contribution in [0.4, 0.5) is 17.1 Å². The minimum absolute atomic E-state index is 0. The van der Waals surface area contributed by atoms with Gasteiger partial charge in [-0.3, -0.25) is 0 Å². The van der Waals surface area contributed by atoms with Gasteiger partial charge in [-0.05, 0) is 72.4 Å². The van der Waals surface area contributed by atoms with E-state index in [1.165, 1.54) is 0 Å². The molecule has 0 bridgehead atoms. The van der Waals surface area contributed by atoms with Gasteiger partial charge in [0.15, 0.2) is 17.1 Å². The molecule has 4 heteroatoms. The standard InChI is InChI=1S/C30H21N3.W/c1-19-7-10-28(31-4)25(13-19)22-16-23(26-14-20(2)8-11-29(26)32-5)18-24(17-22)27-15-21(3)9-12-30(27)33-6;/h7-18H,1-3H3;. The van der Waals surface area contributed by atoms with Crippen LogP contribution in [0, 0.1) is 40.5 Å². The molecule has 0 aliphatic rings. The summed E-state index contributed by atoms with van der Waals surface area (Å²) in [5.74, 6) is 0. The van der Waals surface area contributed by atoms with E-state index in [0.29, 0.717) is 17.1 Å². The first kappa shape index (κ1) is 24.7. The maximum absolute atomic E-state index is 7.67. The number of hydrogen-bond donors (Lipinski definition) is 0. The van der Waals surface area contributed by atoms with Crippen molar-refractivity contribution in [3.63, 3.8) is 0 Å². The number of rotatable bonds is 3. The van der Waals surface area contributed by atoms with Gasteiger partial charge in [0.2, 0.25) is 0 Å². The molecule has 4 aromatic rings. The Morgan fingerprint density at radius 2 is 0.706 bits per heavy atom. The molecule has 0 atom stereocenters. The maximum Gasteiger partial charge on any atom is 0.194 e. The van der Waals surface area contributed by atoms with Gasteiger partial charge in [0.25, 0.3) is 0 Å². The van der Waals surface area contributed by atoms with Crippen LogP contribution in [0.15, 0.2) is 72.8 Å². The first-order valence-corrected chi connectivity index (χ1v) is 10.5. The molecule has 3 nitrogen and oxygen atoms in total. The third kappa shape index (κ3) is 4.85. The van der Waals surface area contributed by atoms with Crippen LogP contribution < -0.4 is 0 Å². The van der Waals surface area contributed by atoms with Gasteiger partial charge in [-0.2, -0.15) is 0 Å². The van der Waals surface area contributed by atoms with E-state index in [1.54, 1.807) is 0 Å². The smallest absolute Gasteiger partial charge is 0.194 e. The summed E-state index contributed by atoms with van der Waals surface area (Å²) in [6.07, 6.45) is 0. The Morgan fingerprint density at radius 3 is 0.941 bits per heavy atom. The Morgan fingerprint density at radius 1 is 0.441 bits per heavy atom. The summed E-state index contributed by atoms with van der Waals surface area (Å²) in [4.78, 5) is 11.2. The Kier molecular flexibility index (Phi) is 7.49. The molecule has 0 aromatic heterocycles. The van der Waals surface area contributed by atoms with Crippen molar-refractivity contribution >= 4 is 17.1 Å². The van der Waals surface area contributed by atoms with Crippen molar-refractivity contribution in [3.05, 3.63) is 124 Å². The van der Waals surface area contributed by atoms with E-state index in [2.05, 4.69) is 14.5 Å². The average Bonchev–Trinajstić information content (AvgIpc) is 2.83. The van der Waals surface area contributed by atoms with E-state index in [1.807, 2.05) is 93.6 Å². The van der Waals surface area contributed by atoms with Gasteiger partial charge in [0.05, 0.1) is 19.7 Å². The predicted octanol–water partition coefficient (Wildman–Crippen LogP) is 9.26. The van der Waals surface area contributed by atoms with Crippen LogP contribution in [0.1, 0.15) is 16.7 Å². The van der Waals surface area contributed by atoms with Crippen LogP contribution in [0.25, 0.3) is 47.9 Å². The van der Waals surface area contributed by atoms with Crippen molar-refractivity contribution in [2.45, 2.75) is 20.8 Å². The van der Waals surface area contributed by atoms with Crippen LogP contribution in [-0.2, 0) is 21.1 Å². The summed E-state index contributed by atoms with van der Waals surface area (Å²) in [6, 6.07) is 23.6. The first-order chi connectivity index (χ1) is 15.9. The quantitative estimate of drug-likeness (QED) is 0.206. The number of nitrogens with zero attached hydrogens (tertiary/aromatic N) is 3. The van der Waals surface area contributed by atoms with E-state index in [9.17, 15) is 0 Å². The summed E-state index contributed by atoms with van der Waals surface area (Å²) < 4.78 is 0. The molecule has 0 spiro atoms. The molecule has 0 fully saturated rings. The van der Waals surface area contributed by atoms with E-state index in [-0.39, 0.29) is 21.1 Å². The average molecular weight is 607 g/mol. The minimum Gasteiger partial charge on any atom is -0.238 e. The molecule has 0 aliphatic carbocycles. The second-order valence-electron chi connectivity index (χ2n) is 8.20. The molecule has 4 aromatic carbocycles. The van der Waals surface area contributed by atoms with Crippen LogP contribution in [0.2, 0.25) is 0 Å². The van der Waals surface area contributed by atoms with Crippen molar-refractivity contribution in [2.24, 2.45) is 0 Å². The Balaban J connectivity index is 0.00000324. The van der Waals surface area contributed by atoms with Gasteiger partial charge in [0, 0.05) is 21.1 Å². The Bertz CT molecular complexity index is 1330. The summed E-state index contributed by atoms with van der Waals surface area (Å²) in [7, 11) is 0. The van der Waals surface area contributed by atoms with Gasteiger partial charge in [-0.15, -0.1) is 0 Å². The zero-order valence-corrected chi connectivity index (χ0v) is 22.1. The Labute approximate surface area is 215 Å². The second kappa shape index (κ2) is 10.3. The summed E-state index contributed by atoms with van der Waals surface area (Å²) in [6.45, 7) is 29.0. The monoisotopic (exact) mass is 607 g/mol. The molecule has 0 aliphatic heterocycles. The van der Waals surface area contributed by atoms with E-state index >= 15 is 0 Å². The van der Waals surface area contributed by atoms with Crippen LogP contribution in [0.5, 0.6) is 0 Å². The third-order valence-corrected chi connectivity index (χ3v) is 5.68.